The molecule has 1 aromatic carbocycles. The van der Waals surface area contributed by atoms with Crippen molar-refractivity contribution >= 4 is 27.7 Å². The van der Waals surface area contributed by atoms with Crippen LogP contribution >= 0.6 is 27.7 Å². The van der Waals surface area contributed by atoms with Gasteiger partial charge in [0.1, 0.15) is 0 Å². The van der Waals surface area contributed by atoms with Crippen molar-refractivity contribution in [1.29, 1.82) is 0 Å². The van der Waals surface area contributed by atoms with Crippen LogP contribution in [0.2, 0.25) is 0 Å². The lowest BCUT2D eigenvalue weighted by Crippen LogP contribution is -2.28. The second-order valence-corrected chi connectivity index (χ2v) is 6.66. The normalized spacial score (nSPS) is 13.9. The fourth-order valence-corrected chi connectivity index (χ4v) is 2.40. The Balaban J connectivity index is 2.47. The minimum Gasteiger partial charge on any atom is -0.392 e. The van der Waals surface area contributed by atoms with Gasteiger partial charge in [-0.1, -0.05) is 36.7 Å². The molecular weight excluding hydrogens is 272 g/mol. The van der Waals surface area contributed by atoms with E-state index in [9.17, 15) is 5.11 Å². The van der Waals surface area contributed by atoms with Gasteiger partial charge in [-0.15, -0.1) is 11.8 Å². The van der Waals surface area contributed by atoms with Gasteiger partial charge >= 0.3 is 0 Å². The molecule has 0 amide bonds. The molecule has 0 aliphatic rings. The molecule has 0 heterocycles. The van der Waals surface area contributed by atoms with E-state index < -0.39 is 0 Å². The van der Waals surface area contributed by atoms with E-state index in [4.69, 9.17) is 0 Å². The SMILES string of the molecule is CC(C)(C)C(O)CSc1ccc(Br)cc1. The highest BCUT2D eigenvalue weighted by Crippen LogP contribution is 2.27. The summed E-state index contributed by atoms with van der Waals surface area (Å²) in [6.07, 6.45) is -0.272. The topological polar surface area (TPSA) is 20.2 Å². The molecule has 15 heavy (non-hydrogen) atoms. The van der Waals surface area contributed by atoms with Crippen molar-refractivity contribution in [3.63, 3.8) is 0 Å². The monoisotopic (exact) mass is 288 g/mol. The molecule has 1 aromatic rings. The van der Waals surface area contributed by atoms with Crippen LogP contribution in [0.3, 0.4) is 0 Å². The predicted octanol–water partition coefficient (Wildman–Crippen LogP) is 3.95. The summed E-state index contributed by atoms with van der Waals surface area (Å²) in [5, 5.41) is 9.87. The van der Waals surface area contributed by atoms with Gasteiger partial charge < -0.3 is 5.11 Å². The van der Waals surface area contributed by atoms with Crippen LogP contribution in [0, 0.1) is 5.41 Å². The first-order valence-corrected chi connectivity index (χ1v) is 6.74. The Bertz CT molecular complexity index is 302. The van der Waals surface area contributed by atoms with E-state index in [1.54, 1.807) is 11.8 Å². The molecular formula is C12H17BrOS. The summed E-state index contributed by atoms with van der Waals surface area (Å²) >= 11 is 5.09. The molecule has 3 heteroatoms. The minimum absolute atomic E-state index is 0.0393. The van der Waals surface area contributed by atoms with Crippen LogP contribution < -0.4 is 0 Å². The van der Waals surface area contributed by atoms with Gasteiger partial charge in [0, 0.05) is 15.1 Å². The van der Waals surface area contributed by atoms with Gasteiger partial charge in [-0.05, 0) is 29.7 Å². The van der Waals surface area contributed by atoms with Crippen LogP contribution in [0.1, 0.15) is 20.8 Å². The Hall–Kier alpha value is 0.01000. The van der Waals surface area contributed by atoms with Crippen LogP contribution in [0.15, 0.2) is 33.6 Å². The van der Waals surface area contributed by atoms with Gasteiger partial charge in [0.15, 0.2) is 0 Å². The number of hydrogen-bond acceptors (Lipinski definition) is 2. The van der Waals surface area contributed by atoms with Gasteiger partial charge in [0.2, 0.25) is 0 Å². The molecule has 0 aliphatic heterocycles. The van der Waals surface area contributed by atoms with Gasteiger partial charge in [-0.25, -0.2) is 0 Å². The van der Waals surface area contributed by atoms with E-state index in [0.29, 0.717) is 0 Å². The second kappa shape index (κ2) is 5.37. The average molecular weight is 289 g/mol. The predicted molar refractivity (Wildman–Crippen MR) is 70.3 cm³/mol. The number of rotatable bonds is 3. The number of halogens is 1. The fourth-order valence-electron chi connectivity index (χ4n) is 0.956. The number of aliphatic hydroxyl groups excluding tert-OH is 1. The van der Waals surface area contributed by atoms with Crippen LogP contribution in [-0.2, 0) is 0 Å². The Labute approximate surface area is 104 Å². The molecule has 84 valence electrons. The molecule has 0 radical (unpaired) electrons. The van der Waals surface area contributed by atoms with Crippen LogP contribution in [-0.4, -0.2) is 17.0 Å². The molecule has 1 nitrogen and oxygen atoms in total. The highest BCUT2D eigenvalue weighted by atomic mass is 79.9. The third-order valence-electron chi connectivity index (χ3n) is 2.22. The number of hydrogen-bond donors (Lipinski definition) is 1. The lowest BCUT2D eigenvalue weighted by molar-refractivity contribution is 0.0843. The van der Waals surface area contributed by atoms with Gasteiger partial charge in [-0.3, -0.25) is 0 Å². The van der Waals surface area contributed by atoms with E-state index in [1.807, 2.05) is 12.1 Å². The van der Waals surface area contributed by atoms with E-state index >= 15 is 0 Å². The fraction of sp³-hybridized carbons (Fsp3) is 0.500. The van der Waals surface area contributed by atoms with E-state index in [1.165, 1.54) is 4.90 Å². The first kappa shape index (κ1) is 13.1. The average Bonchev–Trinajstić information content (AvgIpc) is 2.15. The lowest BCUT2D eigenvalue weighted by atomic mass is 9.90. The lowest BCUT2D eigenvalue weighted by Gasteiger charge is -2.25. The first-order chi connectivity index (χ1) is 6.89. The van der Waals surface area contributed by atoms with Crippen molar-refractivity contribution in [2.75, 3.05) is 5.75 Å². The summed E-state index contributed by atoms with van der Waals surface area (Å²) in [4.78, 5) is 1.20. The third kappa shape index (κ3) is 4.58. The van der Waals surface area contributed by atoms with Crippen LogP contribution in [0.4, 0.5) is 0 Å². The highest BCUT2D eigenvalue weighted by Gasteiger charge is 2.21. The van der Waals surface area contributed by atoms with Gasteiger partial charge in [-0.2, -0.15) is 0 Å². The zero-order valence-electron chi connectivity index (χ0n) is 9.33. The van der Waals surface area contributed by atoms with E-state index in [0.717, 1.165) is 10.2 Å². The maximum atomic E-state index is 9.87. The summed E-state index contributed by atoms with van der Waals surface area (Å²) in [5.74, 6) is 0.741. The van der Waals surface area contributed by atoms with Gasteiger partial charge in [0.25, 0.3) is 0 Å². The minimum atomic E-state index is -0.272. The molecule has 0 spiro atoms. The summed E-state index contributed by atoms with van der Waals surface area (Å²) in [7, 11) is 0. The summed E-state index contributed by atoms with van der Waals surface area (Å²) < 4.78 is 1.09. The molecule has 1 unspecified atom stereocenters. The first-order valence-electron chi connectivity index (χ1n) is 4.96. The molecule has 0 aliphatic carbocycles. The molecule has 1 N–H and O–H groups in total. The molecule has 0 aromatic heterocycles. The Morgan fingerprint density at radius 2 is 1.80 bits per heavy atom. The van der Waals surface area contributed by atoms with Crippen molar-refractivity contribution < 1.29 is 5.11 Å². The zero-order valence-corrected chi connectivity index (χ0v) is 11.7. The Morgan fingerprint density at radius 1 is 1.27 bits per heavy atom. The standard InChI is InChI=1S/C12H17BrOS/c1-12(2,3)11(14)8-15-10-6-4-9(13)5-7-10/h4-7,11,14H,8H2,1-3H3. The summed E-state index contributed by atoms with van der Waals surface area (Å²) in [6.45, 7) is 6.17. The summed E-state index contributed by atoms with van der Waals surface area (Å²) in [5.41, 5.74) is -0.0393. The smallest absolute Gasteiger partial charge is 0.0682 e. The molecule has 0 bridgehead atoms. The van der Waals surface area contributed by atoms with Crippen LogP contribution in [0.25, 0.3) is 0 Å². The number of benzene rings is 1. The molecule has 0 saturated heterocycles. The van der Waals surface area contributed by atoms with Crippen molar-refractivity contribution in [3.05, 3.63) is 28.7 Å². The highest BCUT2D eigenvalue weighted by molar-refractivity contribution is 9.10. The Morgan fingerprint density at radius 3 is 2.27 bits per heavy atom. The van der Waals surface area contributed by atoms with Gasteiger partial charge in [0.05, 0.1) is 6.10 Å². The van der Waals surface area contributed by atoms with E-state index in [2.05, 4.69) is 48.8 Å². The van der Waals surface area contributed by atoms with Crippen molar-refractivity contribution in [3.8, 4) is 0 Å². The maximum absolute atomic E-state index is 9.87. The van der Waals surface area contributed by atoms with Crippen molar-refractivity contribution in [2.24, 2.45) is 5.41 Å². The number of thioether (sulfide) groups is 1. The second-order valence-electron chi connectivity index (χ2n) is 4.65. The maximum Gasteiger partial charge on any atom is 0.0682 e. The van der Waals surface area contributed by atoms with Crippen LogP contribution in [0.5, 0.6) is 0 Å². The van der Waals surface area contributed by atoms with Crippen molar-refractivity contribution in [1.82, 2.24) is 0 Å². The number of aliphatic hydroxyl groups is 1. The molecule has 1 rings (SSSR count). The van der Waals surface area contributed by atoms with Crippen molar-refractivity contribution in [2.45, 2.75) is 31.8 Å². The zero-order chi connectivity index (χ0) is 11.5. The van der Waals surface area contributed by atoms with E-state index in [-0.39, 0.29) is 11.5 Å². The largest absolute Gasteiger partial charge is 0.392 e. The quantitative estimate of drug-likeness (QED) is 0.850. The molecule has 0 fully saturated rings. The summed E-state index contributed by atoms with van der Waals surface area (Å²) in [6, 6.07) is 8.16. The Kier molecular flexibility index (Phi) is 4.68. The third-order valence-corrected chi connectivity index (χ3v) is 3.84. The molecule has 1 atom stereocenters. The molecule has 0 saturated carbocycles.